The molecule has 2 aromatic rings. The Hall–Kier alpha value is -3.23. The molecule has 0 unspecified atom stereocenters. The van der Waals surface area contributed by atoms with E-state index < -0.39 is 24.5 Å². The average Bonchev–Trinajstić information content (AvgIpc) is 2.61. The summed E-state index contributed by atoms with van der Waals surface area (Å²) in [5.41, 5.74) is 4.46. The Bertz CT molecular complexity index is 890. The Labute approximate surface area is 149 Å². The summed E-state index contributed by atoms with van der Waals surface area (Å²) < 4.78 is 6.12. The molecular weight excluding hydrogens is 340 g/mol. The van der Waals surface area contributed by atoms with Crippen LogP contribution in [0.15, 0.2) is 29.1 Å². The van der Waals surface area contributed by atoms with Gasteiger partial charge < -0.3 is 10.5 Å². The van der Waals surface area contributed by atoms with Gasteiger partial charge >= 0.3 is 12.0 Å². The van der Waals surface area contributed by atoms with E-state index in [1.165, 1.54) is 4.68 Å². The number of fused-ring (bicyclic) bond motifs is 1. The van der Waals surface area contributed by atoms with Crippen molar-refractivity contribution in [1.29, 1.82) is 0 Å². The van der Waals surface area contributed by atoms with Gasteiger partial charge in [-0.15, -0.1) is 0 Å². The molecule has 3 amide bonds. The first-order valence-corrected chi connectivity index (χ1v) is 8.20. The molecule has 0 aliphatic heterocycles. The van der Waals surface area contributed by atoms with Gasteiger partial charge in [-0.05, 0) is 12.5 Å². The van der Waals surface area contributed by atoms with Gasteiger partial charge in [0.2, 0.25) is 0 Å². The summed E-state index contributed by atoms with van der Waals surface area (Å²) in [4.78, 5) is 46.9. The Balaban J connectivity index is 2.31. The molecule has 3 N–H and O–H groups in total. The third kappa shape index (κ3) is 4.65. The van der Waals surface area contributed by atoms with Gasteiger partial charge in [-0.3, -0.25) is 14.9 Å². The highest BCUT2D eigenvalue weighted by atomic mass is 16.5. The fraction of sp³-hybridized carbons (Fsp3) is 0.353. The minimum absolute atomic E-state index is 0.0661. The highest BCUT2D eigenvalue weighted by Gasteiger charge is 2.19. The summed E-state index contributed by atoms with van der Waals surface area (Å²) in [5.74, 6) is -1.73. The van der Waals surface area contributed by atoms with E-state index in [4.69, 9.17) is 10.5 Å². The fourth-order valence-electron chi connectivity index (χ4n) is 2.42. The number of nitrogens with zero attached hydrogens (tertiary/aromatic N) is 2. The number of carbonyl (C=O) groups excluding carboxylic acids is 3. The van der Waals surface area contributed by atoms with Gasteiger partial charge in [0.25, 0.3) is 11.5 Å². The largest absolute Gasteiger partial charge is 0.451 e. The number of nitrogens with two attached hydrogens (primary N) is 1. The summed E-state index contributed by atoms with van der Waals surface area (Å²) in [5, 5.41) is 6.58. The summed E-state index contributed by atoms with van der Waals surface area (Å²) in [6.07, 6.45) is 2.65. The van der Waals surface area contributed by atoms with E-state index in [9.17, 15) is 19.2 Å². The van der Waals surface area contributed by atoms with Crippen molar-refractivity contribution < 1.29 is 19.1 Å². The molecule has 0 fully saturated rings. The van der Waals surface area contributed by atoms with Crippen LogP contribution in [0.25, 0.3) is 10.8 Å². The second-order valence-corrected chi connectivity index (χ2v) is 5.62. The van der Waals surface area contributed by atoms with Gasteiger partial charge in [0, 0.05) is 11.9 Å². The van der Waals surface area contributed by atoms with Crippen LogP contribution in [-0.4, -0.2) is 34.3 Å². The molecule has 9 nitrogen and oxygen atoms in total. The van der Waals surface area contributed by atoms with E-state index in [1.54, 1.807) is 29.6 Å². The second-order valence-electron chi connectivity index (χ2n) is 5.62. The van der Waals surface area contributed by atoms with Crippen LogP contribution in [0.2, 0.25) is 0 Å². The van der Waals surface area contributed by atoms with E-state index in [0.29, 0.717) is 17.3 Å². The van der Waals surface area contributed by atoms with Crippen molar-refractivity contribution in [1.82, 2.24) is 15.1 Å². The third-order valence-corrected chi connectivity index (χ3v) is 3.63. The summed E-state index contributed by atoms with van der Waals surface area (Å²) in [7, 11) is 0. The first kappa shape index (κ1) is 19.1. The van der Waals surface area contributed by atoms with Crippen molar-refractivity contribution in [3.63, 3.8) is 0 Å². The number of amides is 3. The molecule has 2 rings (SSSR count). The maximum absolute atomic E-state index is 12.5. The maximum Gasteiger partial charge on any atom is 0.359 e. The van der Waals surface area contributed by atoms with Gasteiger partial charge in [-0.25, -0.2) is 14.3 Å². The maximum atomic E-state index is 12.5. The van der Waals surface area contributed by atoms with Crippen molar-refractivity contribution in [2.24, 2.45) is 5.73 Å². The molecule has 26 heavy (non-hydrogen) atoms. The number of aryl methyl sites for hydroxylation is 1. The van der Waals surface area contributed by atoms with E-state index in [1.807, 2.05) is 6.92 Å². The van der Waals surface area contributed by atoms with Crippen LogP contribution < -0.4 is 16.6 Å². The molecule has 0 saturated heterocycles. The van der Waals surface area contributed by atoms with Crippen molar-refractivity contribution >= 4 is 28.7 Å². The molecule has 1 heterocycles. The number of hydrogen-bond acceptors (Lipinski definition) is 6. The lowest BCUT2D eigenvalue weighted by Crippen LogP contribution is -2.38. The van der Waals surface area contributed by atoms with Crippen molar-refractivity contribution in [3.8, 4) is 0 Å². The number of ether oxygens (including phenoxy) is 1. The number of urea groups is 1. The van der Waals surface area contributed by atoms with E-state index in [-0.39, 0.29) is 11.3 Å². The number of benzene rings is 1. The van der Waals surface area contributed by atoms with Gasteiger partial charge in [0.05, 0.1) is 5.39 Å². The first-order valence-electron chi connectivity index (χ1n) is 8.20. The Morgan fingerprint density at radius 2 is 1.88 bits per heavy atom. The standard InChI is InChI=1S/C17H20N4O5/c1-2-3-6-9-21-15(23)12-8-5-4-7-11(12)14(20-21)16(24)26-10-13(22)19-17(18)25/h4-5,7-8H,2-3,6,9-10H2,1H3,(H3,18,19,22,25). The molecule has 0 saturated carbocycles. The molecule has 1 aromatic carbocycles. The molecule has 1 aromatic heterocycles. The van der Waals surface area contributed by atoms with Crippen molar-refractivity contribution in [3.05, 3.63) is 40.3 Å². The fourth-order valence-corrected chi connectivity index (χ4v) is 2.42. The number of esters is 1. The van der Waals surface area contributed by atoms with Crippen LogP contribution in [0.5, 0.6) is 0 Å². The van der Waals surface area contributed by atoms with Gasteiger partial charge in [-0.2, -0.15) is 5.10 Å². The Morgan fingerprint density at radius 1 is 1.19 bits per heavy atom. The molecule has 0 spiro atoms. The lowest BCUT2D eigenvalue weighted by Gasteiger charge is -2.10. The van der Waals surface area contributed by atoms with E-state index in [2.05, 4.69) is 5.10 Å². The number of imide groups is 1. The van der Waals surface area contributed by atoms with Gasteiger partial charge in [-0.1, -0.05) is 38.0 Å². The molecule has 0 aliphatic rings. The summed E-state index contributed by atoms with van der Waals surface area (Å²) >= 11 is 0. The molecule has 0 radical (unpaired) electrons. The minimum Gasteiger partial charge on any atom is -0.451 e. The molecule has 0 bridgehead atoms. The van der Waals surface area contributed by atoms with Gasteiger partial charge in [0.1, 0.15) is 0 Å². The zero-order valence-corrected chi connectivity index (χ0v) is 14.4. The zero-order chi connectivity index (χ0) is 19.1. The second kappa shape index (κ2) is 8.75. The Kier molecular flexibility index (Phi) is 6.42. The lowest BCUT2D eigenvalue weighted by molar-refractivity contribution is -0.123. The predicted octanol–water partition coefficient (Wildman–Crippen LogP) is 0.938. The predicted molar refractivity (Wildman–Crippen MR) is 93.5 cm³/mol. The summed E-state index contributed by atoms with van der Waals surface area (Å²) in [6, 6.07) is 5.50. The number of hydrogen-bond donors (Lipinski definition) is 2. The number of rotatable bonds is 7. The number of carbonyl (C=O) groups is 3. The van der Waals surface area contributed by atoms with Crippen molar-refractivity contribution in [2.45, 2.75) is 32.7 Å². The third-order valence-electron chi connectivity index (χ3n) is 3.63. The number of primary amides is 1. The summed E-state index contributed by atoms with van der Waals surface area (Å²) in [6.45, 7) is 1.73. The number of unbranched alkanes of at least 4 members (excludes halogenated alkanes) is 2. The minimum atomic E-state index is -1.04. The molecule has 138 valence electrons. The van der Waals surface area contributed by atoms with E-state index >= 15 is 0 Å². The van der Waals surface area contributed by atoms with Crippen LogP contribution >= 0.6 is 0 Å². The Morgan fingerprint density at radius 3 is 2.54 bits per heavy atom. The lowest BCUT2D eigenvalue weighted by atomic mass is 10.1. The topological polar surface area (TPSA) is 133 Å². The van der Waals surface area contributed by atoms with Crippen LogP contribution in [0.4, 0.5) is 4.79 Å². The molecule has 0 atom stereocenters. The van der Waals surface area contributed by atoms with Crippen LogP contribution in [-0.2, 0) is 16.1 Å². The van der Waals surface area contributed by atoms with Crippen molar-refractivity contribution in [2.75, 3.05) is 6.61 Å². The SMILES string of the molecule is CCCCCn1nc(C(=O)OCC(=O)NC(N)=O)c2ccccc2c1=O. The van der Waals surface area contributed by atoms with Gasteiger partial charge in [0.15, 0.2) is 12.3 Å². The molecule has 0 aliphatic carbocycles. The zero-order valence-electron chi connectivity index (χ0n) is 14.4. The molecular formula is C17H20N4O5. The average molecular weight is 360 g/mol. The smallest absolute Gasteiger partial charge is 0.359 e. The van der Waals surface area contributed by atoms with Crippen LogP contribution in [0.3, 0.4) is 0 Å². The number of nitrogens with one attached hydrogen (secondary N) is 1. The quantitative estimate of drug-likeness (QED) is 0.557. The van der Waals surface area contributed by atoms with Crippen LogP contribution in [0, 0.1) is 0 Å². The first-order chi connectivity index (χ1) is 12.4. The molecule has 9 heteroatoms. The van der Waals surface area contributed by atoms with E-state index in [0.717, 1.165) is 19.3 Å². The highest BCUT2D eigenvalue weighted by Crippen LogP contribution is 2.14. The monoisotopic (exact) mass is 360 g/mol. The van der Waals surface area contributed by atoms with Crippen LogP contribution in [0.1, 0.15) is 36.7 Å². The highest BCUT2D eigenvalue weighted by molar-refractivity contribution is 6.03. The number of aromatic nitrogens is 2. The normalized spacial score (nSPS) is 10.5.